The van der Waals surface area contributed by atoms with Crippen molar-refractivity contribution in [1.29, 1.82) is 0 Å². The van der Waals surface area contributed by atoms with Crippen LogP contribution in [0.25, 0.3) is 0 Å². The summed E-state index contributed by atoms with van der Waals surface area (Å²) in [5.41, 5.74) is 1.29. The van der Waals surface area contributed by atoms with Crippen LogP contribution in [-0.2, 0) is 21.5 Å². The van der Waals surface area contributed by atoms with Crippen LogP contribution in [0.4, 0.5) is 0 Å². The first-order chi connectivity index (χ1) is 11.6. The first kappa shape index (κ1) is 16.2. The van der Waals surface area contributed by atoms with E-state index in [9.17, 15) is 9.59 Å². The average molecular weight is 326 g/mol. The van der Waals surface area contributed by atoms with Gasteiger partial charge < -0.3 is 10.2 Å². The lowest BCUT2D eigenvalue weighted by Crippen LogP contribution is -2.52. The molecule has 0 saturated carbocycles. The van der Waals surface area contributed by atoms with Crippen LogP contribution in [0.5, 0.6) is 0 Å². The van der Waals surface area contributed by atoms with Gasteiger partial charge in [-0.3, -0.25) is 14.7 Å². The Labute approximate surface area is 141 Å². The fourth-order valence-electron chi connectivity index (χ4n) is 3.34. The SMILES string of the molecule is CC(=O)N1CCC(C(=O)NCc2ccn[nH]2)(c2ccccc2)CC1. The molecule has 0 atom stereocenters. The molecule has 0 aliphatic carbocycles. The van der Waals surface area contributed by atoms with E-state index in [4.69, 9.17) is 0 Å². The van der Waals surface area contributed by atoms with Gasteiger partial charge in [0, 0.05) is 26.2 Å². The van der Waals surface area contributed by atoms with Crippen LogP contribution < -0.4 is 5.32 Å². The highest BCUT2D eigenvalue weighted by Gasteiger charge is 2.43. The molecule has 3 rings (SSSR count). The Morgan fingerprint density at radius 1 is 1.21 bits per heavy atom. The van der Waals surface area contributed by atoms with Crippen LogP contribution in [0.15, 0.2) is 42.6 Å². The molecule has 2 heterocycles. The molecule has 6 heteroatoms. The van der Waals surface area contributed by atoms with Crippen LogP contribution in [0.2, 0.25) is 0 Å². The van der Waals surface area contributed by atoms with Crippen LogP contribution in [0, 0.1) is 0 Å². The summed E-state index contributed by atoms with van der Waals surface area (Å²) in [5, 5.41) is 9.77. The van der Waals surface area contributed by atoms with E-state index in [0.717, 1.165) is 11.3 Å². The van der Waals surface area contributed by atoms with E-state index in [0.29, 0.717) is 32.5 Å². The van der Waals surface area contributed by atoms with E-state index in [1.54, 1.807) is 13.1 Å². The largest absolute Gasteiger partial charge is 0.350 e. The van der Waals surface area contributed by atoms with Crippen LogP contribution in [0.3, 0.4) is 0 Å². The maximum atomic E-state index is 13.0. The predicted molar refractivity (Wildman–Crippen MR) is 90.0 cm³/mol. The summed E-state index contributed by atoms with van der Waals surface area (Å²) in [6.45, 7) is 3.20. The zero-order chi connectivity index (χ0) is 17.0. The van der Waals surface area contributed by atoms with Gasteiger partial charge in [-0.1, -0.05) is 30.3 Å². The minimum atomic E-state index is -0.590. The predicted octanol–water partition coefficient (Wildman–Crippen LogP) is 1.61. The van der Waals surface area contributed by atoms with Crippen molar-refractivity contribution in [3.63, 3.8) is 0 Å². The summed E-state index contributed by atoms with van der Waals surface area (Å²) < 4.78 is 0. The Balaban J connectivity index is 1.80. The average Bonchev–Trinajstić information content (AvgIpc) is 3.14. The molecule has 0 radical (unpaired) electrons. The Morgan fingerprint density at radius 2 is 1.92 bits per heavy atom. The Morgan fingerprint density at radius 3 is 2.50 bits per heavy atom. The monoisotopic (exact) mass is 326 g/mol. The number of carbonyl (C=O) groups is 2. The van der Waals surface area contributed by atoms with E-state index in [1.807, 2.05) is 41.3 Å². The summed E-state index contributed by atoms with van der Waals surface area (Å²) >= 11 is 0. The molecule has 2 aromatic rings. The third-order valence-electron chi connectivity index (χ3n) is 4.82. The fourth-order valence-corrected chi connectivity index (χ4v) is 3.34. The fraction of sp³-hybridized carbons (Fsp3) is 0.389. The van der Waals surface area contributed by atoms with Gasteiger partial charge in [0.2, 0.25) is 11.8 Å². The summed E-state index contributed by atoms with van der Waals surface area (Å²) in [6, 6.07) is 11.7. The molecule has 2 amide bonds. The van der Waals surface area contributed by atoms with Crippen molar-refractivity contribution in [2.75, 3.05) is 13.1 Å². The van der Waals surface area contributed by atoms with Crippen molar-refractivity contribution in [1.82, 2.24) is 20.4 Å². The van der Waals surface area contributed by atoms with Crippen LogP contribution >= 0.6 is 0 Å². The molecule has 0 bridgehead atoms. The molecule has 1 aromatic heterocycles. The zero-order valence-corrected chi connectivity index (χ0v) is 13.8. The Kier molecular flexibility index (Phi) is 4.64. The number of H-pyrrole nitrogens is 1. The minimum absolute atomic E-state index is 0.00602. The third kappa shape index (κ3) is 3.18. The molecule has 0 unspecified atom stereocenters. The quantitative estimate of drug-likeness (QED) is 0.896. The van der Waals surface area contributed by atoms with Crippen molar-refractivity contribution in [3.8, 4) is 0 Å². The number of nitrogens with one attached hydrogen (secondary N) is 2. The van der Waals surface area contributed by atoms with Crippen molar-refractivity contribution in [2.24, 2.45) is 0 Å². The molecule has 1 aliphatic rings. The summed E-state index contributed by atoms with van der Waals surface area (Å²) in [4.78, 5) is 26.5. The topological polar surface area (TPSA) is 78.1 Å². The minimum Gasteiger partial charge on any atom is -0.350 e. The second kappa shape index (κ2) is 6.86. The highest BCUT2D eigenvalue weighted by atomic mass is 16.2. The van der Waals surface area contributed by atoms with Gasteiger partial charge >= 0.3 is 0 Å². The lowest BCUT2D eigenvalue weighted by Gasteiger charge is -2.40. The number of aromatic amines is 1. The molecule has 0 spiro atoms. The number of likely N-dealkylation sites (tertiary alicyclic amines) is 1. The summed E-state index contributed by atoms with van der Waals surface area (Å²) in [7, 11) is 0. The molecule has 24 heavy (non-hydrogen) atoms. The van der Waals surface area contributed by atoms with E-state index in [1.165, 1.54) is 0 Å². The zero-order valence-electron chi connectivity index (χ0n) is 13.8. The van der Waals surface area contributed by atoms with Crippen molar-refractivity contribution in [3.05, 3.63) is 53.9 Å². The maximum absolute atomic E-state index is 13.0. The normalized spacial score (nSPS) is 16.6. The summed E-state index contributed by atoms with van der Waals surface area (Å²) in [5.74, 6) is 0.0704. The van der Waals surface area contributed by atoms with Gasteiger partial charge in [0.25, 0.3) is 0 Å². The van der Waals surface area contributed by atoms with E-state index in [-0.39, 0.29) is 11.8 Å². The molecular weight excluding hydrogens is 304 g/mol. The van der Waals surface area contributed by atoms with Gasteiger partial charge in [-0.15, -0.1) is 0 Å². The lowest BCUT2D eigenvalue weighted by molar-refractivity contribution is -0.135. The number of benzene rings is 1. The number of carbonyl (C=O) groups excluding carboxylic acids is 2. The second-order valence-electron chi connectivity index (χ2n) is 6.22. The molecule has 1 fully saturated rings. The van der Waals surface area contributed by atoms with Gasteiger partial charge in [-0.05, 0) is 24.5 Å². The number of hydrogen-bond acceptors (Lipinski definition) is 3. The molecule has 126 valence electrons. The van der Waals surface area contributed by atoms with Gasteiger partial charge in [0.1, 0.15) is 0 Å². The van der Waals surface area contributed by atoms with Gasteiger partial charge in [-0.2, -0.15) is 5.10 Å². The second-order valence-corrected chi connectivity index (χ2v) is 6.22. The number of rotatable bonds is 4. The standard InChI is InChI=1S/C18H22N4O2/c1-14(23)22-11-8-18(9-12-22,15-5-3-2-4-6-15)17(24)19-13-16-7-10-20-21-16/h2-7,10H,8-9,11-13H2,1H3,(H,19,24)(H,20,21). The van der Waals surface area contributed by atoms with Gasteiger partial charge in [-0.25, -0.2) is 0 Å². The molecule has 2 N–H and O–H groups in total. The van der Waals surface area contributed by atoms with E-state index >= 15 is 0 Å². The first-order valence-electron chi connectivity index (χ1n) is 8.19. The third-order valence-corrected chi connectivity index (χ3v) is 4.82. The maximum Gasteiger partial charge on any atom is 0.231 e. The summed E-state index contributed by atoms with van der Waals surface area (Å²) in [6.07, 6.45) is 2.93. The molecule has 1 aliphatic heterocycles. The molecular formula is C18H22N4O2. The molecule has 1 aromatic carbocycles. The van der Waals surface area contributed by atoms with Gasteiger partial charge in [0.15, 0.2) is 0 Å². The smallest absolute Gasteiger partial charge is 0.231 e. The van der Waals surface area contributed by atoms with Crippen LogP contribution in [0.1, 0.15) is 31.0 Å². The number of piperidine rings is 1. The van der Waals surface area contributed by atoms with Crippen molar-refractivity contribution < 1.29 is 9.59 Å². The molecule has 6 nitrogen and oxygen atoms in total. The van der Waals surface area contributed by atoms with Crippen molar-refractivity contribution in [2.45, 2.75) is 31.7 Å². The number of hydrogen-bond donors (Lipinski definition) is 2. The first-order valence-corrected chi connectivity index (χ1v) is 8.19. The van der Waals surface area contributed by atoms with E-state index in [2.05, 4.69) is 15.5 Å². The molecule has 1 saturated heterocycles. The van der Waals surface area contributed by atoms with Crippen molar-refractivity contribution >= 4 is 11.8 Å². The number of amides is 2. The Hall–Kier alpha value is -2.63. The van der Waals surface area contributed by atoms with E-state index < -0.39 is 5.41 Å². The van der Waals surface area contributed by atoms with Crippen LogP contribution in [-0.4, -0.2) is 40.0 Å². The Bertz CT molecular complexity index is 689. The highest BCUT2D eigenvalue weighted by Crippen LogP contribution is 2.36. The number of aromatic nitrogens is 2. The number of nitrogens with zero attached hydrogens (tertiary/aromatic N) is 2. The lowest BCUT2D eigenvalue weighted by atomic mass is 9.72. The highest BCUT2D eigenvalue weighted by molar-refractivity contribution is 5.88. The van der Waals surface area contributed by atoms with Gasteiger partial charge in [0.05, 0.1) is 17.7 Å².